The summed E-state index contributed by atoms with van der Waals surface area (Å²) in [6, 6.07) is 13.6. The van der Waals surface area contributed by atoms with Crippen molar-refractivity contribution in [2.45, 2.75) is 13.2 Å². The number of aliphatic carboxylic acids is 1. The SMILES string of the molecule is C#CCn1cc(C=NOCC(=O)O)c2cc(OCc3cccc(Br)c3)ccc21. The molecule has 0 aliphatic carbocycles. The van der Waals surface area contributed by atoms with Gasteiger partial charge in [-0.05, 0) is 35.9 Å². The van der Waals surface area contributed by atoms with Crippen LogP contribution < -0.4 is 4.74 Å². The van der Waals surface area contributed by atoms with Crippen LogP contribution in [0.1, 0.15) is 11.1 Å². The Labute approximate surface area is 170 Å². The van der Waals surface area contributed by atoms with E-state index in [1.165, 1.54) is 6.21 Å². The molecule has 0 radical (unpaired) electrons. The van der Waals surface area contributed by atoms with Gasteiger partial charge in [-0.15, -0.1) is 6.42 Å². The molecule has 0 atom stereocenters. The molecule has 142 valence electrons. The van der Waals surface area contributed by atoms with Crippen LogP contribution in [0.25, 0.3) is 10.9 Å². The minimum absolute atomic E-state index is 0.401. The summed E-state index contributed by atoms with van der Waals surface area (Å²) >= 11 is 3.45. The lowest BCUT2D eigenvalue weighted by molar-refractivity contribution is -0.142. The van der Waals surface area contributed by atoms with E-state index in [9.17, 15) is 4.79 Å². The Bertz CT molecular complexity index is 1070. The molecule has 3 aromatic rings. The number of carboxylic acids is 1. The molecular formula is C21H17BrN2O4. The van der Waals surface area contributed by atoms with Crippen molar-refractivity contribution in [1.29, 1.82) is 0 Å². The number of carboxylic acid groups (broad SMARTS) is 1. The maximum Gasteiger partial charge on any atom is 0.344 e. The van der Waals surface area contributed by atoms with Crippen molar-refractivity contribution in [1.82, 2.24) is 4.57 Å². The highest BCUT2D eigenvalue weighted by atomic mass is 79.9. The van der Waals surface area contributed by atoms with E-state index in [1.54, 1.807) is 0 Å². The van der Waals surface area contributed by atoms with E-state index in [0.29, 0.717) is 18.9 Å². The van der Waals surface area contributed by atoms with Gasteiger partial charge in [-0.1, -0.05) is 39.1 Å². The third-order valence-electron chi connectivity index (χ3n) is 3.89. The molecule has 6 nitrogen and oxygen atoms in total. The van der Waals surface area contributed by atoms with E-state index in [1.807, 2.05) is 53.2 Å². The van der Waals surface area contributed by atoms with Gasteiger partial charge in [0.05, 0.1) is 12.8 Å². The standard InChI is InChI=1S/C21H17BrN2O4/c1-2-8-24-12-16(11-23-28-14-21(25)26)19-10-18(6-7-20(19)24)27-13-15-4-3-5-17(22)9-15/h1,3-7,9-12H,8,13-14H2,(H,25,26). The van der Waals surface area contributed by atoms with Gasteiger partial charge in [0.25, 0.3) is 0 Å². The molecule has 0 fully saturated rings. The van der Waals surface area contributed by atoms with Crippen LogP contribution in [0.3, 0.4) is 0 Å². The van der Waals surface area contributed by atoms with Crippen LogP contribution in [0, 0.1) is 12.3 Å². The van der Waals surface area contributed by atoms with Crippen molar-refractivity contribution in [3.05, 3.63) is 64.3 Å². The predicted molar refractivity (Wildman–Crippen MR) is 110 cm³/mol. The fraction of sp³-hybridized carbons (Fsp3) is 0.143. The molecule has 0 saturated carbocycles. The molecular weight excluding hydrogens is 424 g/mol. The lowest BCUT2D eigenvalue weighted by atomic mass is 10.2. The molecule has 0 aliphatic rings. The second-order valence-corrected chi connectivity index (χ2v) is 6.83. The van der Waals surface area contributed by atoms with Gasteiger partial charge in [0.2, 0.25) is 6.61 Å². The fourth-order valence-electron chi connectivity index (χ4n) is 2.71. The molecule has 0 unspecified atom stereocenters. The summed E-state index contributed by atoms with van der Waals surface area (Å²) in [5.41, 5.74) is 2.72. The summed E-state index contributed by atoms with van der Waals surface area (Å²) in [5.74, 6) is 2.23. The summed E-state index contributed by atoms with van der Waals surface area (Å²) in [6.45, 7) is 0.334. The van der Waals surface area contributed by atoms with E-state index in [4.69, 9.17) is 21.1 Å². The first-order valence-electron chi connectivity index (χ1n) is 8.37. The minimum atomic E-state index is -1.09. The number of oxime groups is 1. The number of nitrogens with zero attached hydrogens (tertiary/aromatic N) is 2. The van der Waals surface area contributed by atoms with E-state index in [-0.39, 0.29) is 0 Å². The Morgan fingerprint density at radius 1 is 1.32 bits per heavy atom. The molecule has 2 aromatic carbocycles. The summed E-state index contributed by atoms with van der Waals surface area (Å²) < 4.78 is 8.82. The van der Waals surface area contributed by atoms with Crippen molar-refractivity contribution in [2.75, 3.05) is 6.61 Å². The summed E-state index contributed by atoms with van der Waals surface area (Å²) in [4.78, 5) is 15.3. The Morgan fingerprint density at radius 3 is 2.93 bits per heavy atom. The smallest absolute Gasteiger partial charge is 0.344 e. The van der Waals surface area contributed by atoms with E-state index < -0.39 is 12.6 Å². The zero-order valence-electron chi connectivity index (χ0n) is 14.8. The molecule has 7 heteroatoms. The highest BCUT2D eigenvalue weighted by Crippen LogP contribution is 2.26. The number of aromatic nitrogens is 1. The molecule has 0 bridgehead atoms. The molecule has 0 spiro atoms. The quantitative estimate of drug-likeness (QED) is 0.325. The van der Waals surface area contributed by atoms with Crippen LogP contribution in [0.5, 0.6) is 5.75 Å². The molecule has 0 aliphatic heterocycles. The van der Waals surface area contributed by atoms with Gasteiger partial charge < -0.3 is 19.2 Å². The van der Waals surface area contributed by atoms with Crippen LogP contribution in [0.2, 0.25) is 0 Å². The summed E-state index contributed by atoms with van der Waals surface area (Å²) in [6.07, 6.45) is 8.76. The molecule has 28 heavy (non-hydrogen) atoms. The van der Waals surface area contributed by atoms with Crippen LogP contribution >= 0.6 is 15.9 Å². The second-order valence-electron chi connectivity index (χ2n) is 5.92. The fourth-order valence-corrected chi connectivity index (χ4v) is 3.15. The van der Waals surface area contributed by atoms with E-state index >= 15 is 0 Å². The monoisotopic (exact) mass is 440 g/mol. The zero-order valence-corrected chi connectivity index (χ0v) is 16.4. The molecule has 0 amide bonds. The third-order valence-corrected chi connectivity index (χ3v) is 4.39. The van der Waals surface area contributed by atoms with Crippen LogP contribution in [0.15, 0.2) is 58.3 Å². The van der Waals surface area contributed by atoms with Crippen LogP contribution in [-0.4, -0.2) is 28.5 Å². The lowest BCUT2D eigenvalue weighted by Gasteiger charge is -2.08. The van der Waals surface area contributed by atoms with Crippen molar-refractivity contribution < 1.29 is 19.5 Å². The normalized spacial score (nSPS) is 10.9. The minimum Gasteiger partial charge on any atom is -0.489 e. The number of hydrogen-bond acceptors (Lipinski definition) is 4. The average Bonchev–Trinajstić information content (AvgIpc) is 3.01. The van der Waals surface area contributed by atoms with Crippen LogP contribution in [-0.2, 0) is 22.8 Å². The molecule has 1 heterocycles. The average molecular weight is 441 g/mol. The summed E-state index contributed by atoms with van der Waals surface area (Å²) in [5, 5.41) is 13.2. The number of ether oxygens (including phenoxy) is 1. The van der Waals surface area contributed by atoms with Gasteiger partial charge in [-0.25, -0.2) is 4.79 Å². The van der Waals surface area contributed by atoms with E-state index in [2.05, 4.69) is 27.0 Å². The predicted octanol–water partition coefficient (Wildman–Crippen LogP) is 4.05. The highest BCUT2D eigenvalue weighted by molar-refractivity contribution is 9.10. The number of halogens is 1. The molecule has 3 rings (SSSR count). The third kappa shape index (κ3) is 4.93. The number of carbonyl (C=O) groups is 1. The van der Waals surface area contributed by atoms with Gasteiger partial charge in [0.15, 0.2) is 0 Å². The maximum atomic E-state index is 10.5. The van der Waals surface area contributed by atoms with Crippen LogP contribution in [0.4, 0.5) is 0 Å². The van der Waals surface area contributed by atoms with Gasteiger partial charge in [-0.3, -0.25) is 0 Å². The number of rotatable bonds is 8. The Balaban J connectivity index is 1.84. The molecule has 1 aromatic heterocycles. The number of benzene rings is 2. The first-order chi connectivity index (χ1) is 13.6. The molecule has 1 N–H and O–H groups in total. The van der Waals surface area contributed by atoms with Crippen molar-refractivity contribution in [3.8, 4) is 18.1 Å². The highest BCUT2D eigenvalue weighted by Gasteiger charge is 2.09. The second kappa shape index (κ2) is 9.11. The van der Waals surface area contributed by atoms with Gasteiger partial charge in [0.1, 0.15) is 12.4 Å². The Morgan fingerprint density at radius 2 is 2.18 bits per heavy atom. The summed E-state index contributed by atoms with van der Waals surface area (Å²) in [7, 11) is 0. The number of hydrogen-bond donors (Lipinski definition) is 1. The lowest BCUT2D eigenvalue weighted by Crippen LogP contribution is -2.03. The Hall–Kier alpha value is -3.24. The van der Waals surface area contributed by atoms with Crippen molar-refractivity contribution in [2.24, 2.45) is 5.16 Å². The number of fused-ring (bicyclic) bond motifs is 1. The number of terminal acetylenes is 1. The van der Waals surface area contributed by atoms with Crippen molar-refractivity contribution in [3.63, 3.8) is 0 Å². The topological polar surface area (TPSA) is 73.1 Å². The first kappa shape index (κ1) is 19.5. The molecule has 0 saturated heterocycles. The van der Waals surface area contributed by atoms with Crippen molar-refractivity contribution >= 4 is 39.0 Å². The van der Waals surface area contributed by atoms with Gasteiger partial charge in [0, 0.05) is 27.1 Å². The largest absolute Gasteiger partial charge is 0.489 e. The van der Waals surface area contributed by atoms with E-state index in [0.717, 1.165) is 26.5 Å². The first-order valence-corrected chi connectivity index (χ1v) is 9.17. The Kier molecular flexibility index (Phi) is 6.35. The maximum absolute atomic E-state index is 10.5. The van der Waals surface area contributed by atoms with Gasteiger partial charge >= 0.3 is 5.97 Å². The van der Waals surface area contributed by atoms with Gasteiger partial charge in [-0.2, -0.15) is 0 Å². The zero-order chi connectivity index (χ0) is 19.9.